The summed E-state index contributed by atoms with van der Waals surface area (Å²) in [5.41, 5.74) is 1.14. The molecule has 0 aliphatic heterocycles. The Morgan fingerprint density at radius 1 is 1.00 bits per heavy atom. The topological polar surface area (TPSA) is 38.7 Å². The Labute approximate surface area is 86.8 Å². The number of nitrogens with zero attached hydrogens (tertiary/aromatic N) is 3. The first-order chi connectivity index (χ1) is 6.84. The number of aromatic nitrogens is 3. The molecule has 3 nitrogen and oxygen atoms in total. The first kappa shape index (κ1) is 9.09. The SMILES string of the molecule is Clc1ccc(Cc2ncncn2)cc1. The first-order valence-corrected chi connectivity index (χ1v) is 4.58. The molecule has 14 heavy (non-hydrogen) atoms. The Morgan fingerprint density at radius 2 is 1.64 bits per heavy atom. The largest absolute Gasteiger partial charge is 0.225 e. The Hall–Kier alpha value is -1.48. The van der Waals surface area contributed by atoms with Gasteiger partial charge >= 0.3 is 0 Å². The van der Waals surface area contributed by atoms with E-state index in [4.69, 9.17) is 11.6 Å². The van der Waals surface area contributed by atoms with E-state index in [2.05, 4.69) is 15.0 Å². The normalized spacial score (nSPS) is 10.1. The van der Waals surface area contributed by atoms with Crippen LogP contribution in [0.3, 0.4) is 0 Å². The molecule has 0 bridgehead atoms. The average molecular weight is 206 g/mol. The quantitative estimate of drug-likeness (QED) is 0.754. The molecule has 1 aromatic carbocycles. The molecule has 1 heterocycles. The number of hydrogen-bond donors (Lipinski definition) is 0. The van der Waals surface area contributed by atoms with E-state index in [1.165, 1.54) is 12.7 Å². The van der Waals surface area contributed by atoms with Gasteiger partial charge in [0.15, 0.2) is 0 Å². The van der Waals surface area contributed by atoms with Crippen LogP contribution in [0.1, 0.15) is 11.4 Å². The third-order valence-electron chi connectivity index (χ3n) is 1.82. The van der Waals surface area contributed by atoms with Gasteiger partial charge in [0.05, 0.1) is 0 Å². The van der Waals surface area contributed by atoms with Crippen molar-refractivity contribution in [3.05, 3.63) is 53.3 Å². The Kier molecular flexibility index (Phi) is 2.70. The molecule has 0 saturated heterocycles. The maximum atomic E-state index is 5.77. The van der Waals surface area contributed by atoms with Crippen molar-refractivity contribution in [1.82, 2.24) is 15.0 Å². The summed E-state index contributed by atoms with van der Waals surface area (Å²) in [4.78, 5) is 11.8. The fourth-order valence-corrected chi connectivity index (χ4v) is 1.27. The molecule has 0 atom stereocenters. The van der Waals surface area contributed by atoms with Crippen LogP contribution in [0, 0.1) is 0 Å². The smallest absolute Gasteiger partial charge is 0.136 e. The van der Waals surface area contributed by atoms with Crippen molar-refractivity contribution in [2.75, 3.05) is 0 Å². The molecule has 0 unspecified atom stereocenters. The van der Waals surface area contributed by atoms with E-state index in [0.717, 1.165) is 16.4 Å². The summed E-state index contributed by atoms with van der Waals surface area (Å²) < 4.78 is 0. The number of benzene rings is 1. The molecule has 70 valence electrons. The molecular weight excluding hydrogens is 198 g/mol. The molecule has 0 aliphatic rings. The second-order valence-corrected chi connectivity index (χ2v) is 3.29. The van der Waals surface area contributed by atoms with Crippen LogP contribution in [-0.4, -0.2) is 15.0 Å². The minimum atomic E-state index is 0.708. The highest BCUT2D eigenvalue weighted by atomic mass is 35.5. The number of rotatable bonds is 2. The molecule has 2 aromatic rings. The monoisotopic (exact) mass is 205 g/mol. The maximum Gasteiger partial charge on any atom is 0.136 e. The second-order valence-electron chi connectivity index (χ2n) is 2.86. The van der Waals surface area contributed by atoms with Gasteiger partial charge in [-0.05, 0) is 17.7 Å². The van der Waals surface area contributed by atoms with Crippen LogP contribution >= 0.6 is 11.6 Å². The third-order valence-corrected chi connectivity index (χ3v) is 2.07. The zero-order valence-electron chi connectivity index (χ0n) is 7.39. The summed E-state index contributed by atoms with van der Waals surface area (Å²) in [5, 5.41) is 0.740. The van der Waals surface area contributed by atoms with E-state index in [-0.39, 0.29) is 0 Å². The summed E-state index contributed by atoms with van der Waals surface area (Å²) in [6.45, 7) is 0. The molecule has 4 heteroatoms. The van der Waals surface area contributed by atoms with Gasteiger partial charge in [-0.15, -0.1) is 0 Å². The van der Waals surface area contributed by atoms with E-state index in [1.807, 2.05) is 24.3 Å². The Balaban J connectivity index is 2.16. The highest BCUT2D eigenvalue weighted by Crippen LogP contribution is 2.11. The van der Waals surface area contributed by atoms with Crippen LogP contribution in [0.4, 0.5) is 0 Å². The van der Waals surface area contributed by atoms with Crippen molar-refractivity contribution in [2.24, 2.45) is 0 Å². The van der Waals surface area contributed by atoms with Crippen LogP contribution in [-0.2, 0) is 6.42 Å². The van der Waals surface area contributed by atoms with Crippen molar-refractivity contribution in [2.45, 2.75) is 6.42 Å². The Bertz CT molecular complexity index is 399. The maximum absolute atomic E-state index is 5.77. The van der Waals surface area contributed by atoms with E-state index < -0.39 is 0 Å². The molecule has 0 saturated carbocycles. The zero-order chi connectivity index (χ0) is 9.80. The predicted octanol–water partition coefficient (Wildman–Crippen LogP) is 2.12. The highest BCUT2D eigenvalue weighted by molar-refractivity contribution is 6.30. The fraction of sp³-hybridized carbons (Fsp3) is 0.100. The predicted molar refractivity (Wildman–Crippen MR) is 54.1 cm³/mol. The summed E-state index contributed by atoms with van der Waals surface area (Å²) >= 11 is 5.77. The molecule has 0 radical (unpaired) electrons. The summed E-state index contributed by atoms with van der Waals surface area (Å²) in [6, 6.07) is 7.65. The minimum absolute atomic E-state index is 0.708. The lowest BCUT2D eigenvalue weighted by molar-refractivity contribution is 0.918. The summed E-state index contributed by atoms with van der Waals surface area (Å²) in [6.07, 6.45) is 3.70. The van der Waals surface area contributed by atoms with Crippen LogP contribution < -0.4 is 0 Å². The highest BCUT2D eigenvalue weighted by Gasteiger charge is 1.97. The average Bonchev–Trinajstić information content (AvgIpc) is 2.23. The van der Waals surface area contributed by atoms with E-state index in [0.29, 0.717) is 6.42 Å². The second kappa shape index (κ2) is 4.15. The van der Waals surface area contributed by atoms with Crippen molar-refractivity contribution in [3.8, 4) is 0 Å². The molecule has 2 rings (SSSR count). The molecule has 0 spiro atoms. The van der Waals surface area contributed by atoms with Gasteiger partial charge in [-0.25, -0.2) is 15.0 Å². The molecule has 1 aromatic heterocycles. The van der Waals surface area contributed by atoms with Gasteiger partial charge in [0.1, 0.15) is 18.5 Å². The van der Waals surface area contributed by atoms with Crippen molar-refractivity contribution in [3.63, 3.8) is 0 Å². The van der Waals surface area contributed by atoms with E-state index in [9.17, 15) is 0 Å². The van der Waals surface area contributed by atoms with E-state index >= 15 is 0 Å². The number of hydrogen-bond acceptors (Lipinski definition) is 3. The lowest BCUT2D eigenvalue weighted by Gasteiger charge is -1.99. The van der Waals surface area contributed by atoms with Gasteiger partial charge < -0.3 is 0 Å². The molecule has 0 amide bonds. The van der Waals surface area contributed by atoms with Gasteiger partial charge in [-0.2, -0.15) is 0 Å². The van der Waals surface area contributed by atoms with Gasteiger partial charge in [-0.1, -0.05) is 23.7 Å². The van der Waals surface area contributed by atoms with Crippen molar-refractivity contribution in [1.29, 1.82) is 0 Å². The first-order valence-electron chi connectivity index (χ1n) is 4.20. The summed E-state index contributed by atoms with van der Waals surface area (Å²) in [7, 11) is 0. The van der Waals surface area contributed by atoms with Gasteiger partial charge in [-0.3, -0.25) is 0 Å². The third kappa shape index (κ3) is 2.26. The zero-order valence-corrected chi connectivity index (χ0v) is 8.15. The van der Waals surface area contributed by atoms with E-state index in [1.54, 1.807) is 0 Å². The van der Waals surface area contributed by atoms with Gasteiger partial charge in [0.25, 0.3) is 0 Å². The lowest BCUT2D eigenvalue weighted by Crippen LogP contribution is -1.95. The Morgan fingerprint density at radius 3 is 2.29 bits per heavy atom. The molecular formula is C10H8ClN3. The minimum Gasteiger partial charge on any atom is -0.225 e. The van der Waals surface area contributed by atoms with Gasteiger partial charge in [0.2, 0.25) is 0 Å². The van der Waals surface area contributed by atoms with Crippen molar-refractivity contribution < 1.29 is 0 Å². The van der Waals surface area contributed by atoms with Crippen molar-refractivity contribution >= 4 is 11.6 Å². The summed E-state index contributed by atoms with van der Waals surface area (Å²) in [5.74, 6) is 0.766. The molecule has 0 N–H and O–H groups in total. The number of halogens is 1. The van der Waals surface area contributed by atoms with Crippen LogP contribution in [0.5, 0.6) is 0 Å². The van der Waals surface area contributed by atoms with Crippen LogP contribution in [0.15, 0.2) is 36.9 Å². The molecule has 0 aliphatic carbocycles. The fourth-order valence-electron chi connectivity index (χ4n) is 1.14. The lowest BCUT2D eigenvalue weighted by atomic mass is 10.1. The molecule has 0 fully saturated rings. The standard InChI is InChI=1S/C10H8ClN3/c11-9-3-1-8(2-4-9)5-10-13-6-12-7-14-10/h1-4,6-7H,5H2. The van der Waals surface area contributed by atoms with Gasteiger partial charge in [0, 0.05) is 11.4 Å². The van der Waals surface area contributed by atoms with Crippen LogP contribution in [0.25, 0.3) is 0 Å². The van der Waals surface area contributed by atoms with Crippen LogP contribution in [0.2, 0.25) is 5.02 Å².